The maximum atomic E-state index is 11.3. The predicted octanol–water partition coefficient (Wildman–Crippen LogP) is 0.632. The molecule has 0 atom stereocenters. The van der Waals surface area contributed by atoms with Gasteiger partial charge in [-0.2, -0.15) is 5.26 Å². The summed E-state index contributed by atoms with van der Waals surface area (Å²) in [6.45, 7) is 1.90. The van der Waals surface area contributed by atoms with Crippen LogP contribution in [0.5, 0.6) is 0 Å². The number of hydrogen-bond donors (Lipinski definition) is 0. The van der Waals surface area contributed by atoms with Crippen LogP contribution in [0.15, 0.2) is 16.9 Å². The second-order valence-corrected chi connectivity index (χ2v) is 2.63. The maximum Gasteiger partial charge on any atom is 0.252 e. The summed E-state index contributed by atoms with van der Waals surface area (Å²) in [5, 5.41) is 8.70. The minimum Gasteiger partial charge on any atom is -0.364 e. The molecule has 1 aromatic heterocycles. The first kappa shape index (κ1) is 9.49. The molecule has 1 aromatic rings. The lowest BCUT2D eigenvalue weighted by atomic mass is 10.2. The van der Waals surface area contributed by atoms with Gasteiger partial charge in [0.05, 0.1) is 5.56 Å². The van der Waals surface area contributed by atoms with Gasteiger partial charge in [-0.3, -0.25) is 9.36 Å². The van der Waals surface area contributed by atoms with Crippen molar-refractivity contribution in [1.29, 1.82) is 5.26 Å². The Morgan fingerprint density at radius 2 is 2.31 bits per heavy atom. The summed E-state index contributed by atoms with van der Waals surface area (Å²) in [6, 6.07) is 4.89. The van der Waals surface area contributed by atoms with Gasteiger partial charge in [-0.1, -0.05) is 0 Å². The average molecular weight is 178 g/mol. The van der Waals surface area contributed by atoms with Crippen LogP contribution in [0.4, 0.5) is 0 Å². The van der Waals surface area contributed by atoms with Gasteiger partial charge in [0, 0.05) is 18.9 Å². The van der Waals surface area contributed by atoms with E-state index in [4.69, 9.17) is 10.00 Å². The summed E-state index contributed by atoms with van der Waals surface area (Å²) in [6.07, 6.45) is 0. The molecule has 4 nitrogen and oxygen atoms in total. The van der Waals surface area contributed by atoms with E-state index in [0.717, 1.165) is 0 Å². The van der Waals surface area contributed by atoms with Crippen molar-refractivity contribution < 1.29 is 4.74 Å². The van der Waals surface area contributed by atoms with Crippen LogP contribution in [0.1, 0.15) is 11.3 Å². The molecule has 0 spiro atoms. The fraction of sp³-hybridized carbons (Fsp3) is 0.333. The topological polar surface area (TPSA) is 55.0 Å². The summed E-state index contributed by atoms with van der Waals surface area (Å²) in [7, 11) is 1.50. The fourth-order valence-electron chi connectivity index (χ4n) is 1.08. The molecule has 0 aliphatic heterocycles. The summed E-state index contributed by atoms with van der Waals surface area (Å²) < 4.78 is 6.26. The van der Waals surface area contributed by atoms with Crippen LogP contribution in [0.3, 0.4) is 0 Å². The van der Waals surface area contributed by atoms with E-state index < -0.39 is 0 Å². The Bertz CT molecular complexity index is 401. The Morgan fingerprint density at radius 1 is 1.62 bits per heavy atom. The third kappa shape index (κ3) is 1.76. The molecule has 0 aromatic carbocycles. The van der Waals surface area contributed by atoms with Crippen molar-refractivity contribution in [3.05, 3.63) is 33.7 Å². The lowest BCUT2D eigenvalue weighted by molar-refractivity contribution is 0.126. The van der Waals surface area contributed by atoms with E-state index in [2.05, 4.69) is 0 Å². The van der Waals surface area contributed by atoms with Crippen molar-refractivity contribution in [2.75, 3.05) is 7.11 Å². The number of rotatable bonds is 2. The zero-order chi connectivity index (χ0) is 9.84. The largest absolute Gasteiger partial charge is 0.364 e. The zero-order valence-corrected chi connectivity index (χ0v) is 7.57. The van der Waals surface area contributed by atoms with E-state index in [1.807, 2.05) is 6.07 Å². The fourth-order valence-corrected chi connectivity index (χ4v) is 1.08. The van der Waals surface area contributed by atoms with Crippen molar-refractivity contribution in [1.82, 2.24) is 4.57 Å². The third-order valence-electron chi connectivity index (χ3n) is 1.83. The molecule has 0 radical (unpaired) electrons. The van der Waals surface area contributed by atoms with Gasteiger partial charge < -0.3 is 4.74 Å². The highest BCUT2D eigenvalue weighted by atomic mass is 16.5. The number of methoxy groups -OCH3 is 1. The standard InChI is InChI=1S/C9H10N2O2/c1-7-8(5-10)3-4-9(12)11(7)6-13-2/h3-4H,6H2,1-2H3. The molecule has 0 aliphatic rings. The Balaban J connectivity index is 3.32. The maximum absolute atomic E-state index is 11.3. The number of aromatic nitrogens is 1. The van der Waals surface area contributed by atoms with Crippen LogP contribution in [0.25, 0.3) is 0 Å². The molecule has 0 N–H and O–H groups in total. The summed E-state index contributed by atoms with van der Waals surface area (Å²) in [5.74, 6) is 0. The highest BCUT2D eigenvalue weighted by molar-refractivity contribution is 5.32. The monoisotopic (exact) mass is 178 g/mol. The number of ether oxygens (including phenoxy) is 1. The summed E-state index contributed by atoms with van der Waals surface area (Å²) in [5.41, 5.74) is 0.979. The van der Waals surface area contributed by atoms with Crippen molar-refractivity contribution >= 4 is 0 Å². The van der Waals surface area contributed by atoms with Crippen LogP contribution in [0.2, 0.25) is 0 Å². The minimum atomic E-state index is -0.154. The number of hydrogen-bond acceptors (Lipinski definition) is 3. The van der Waals surface area contributed by atoms with Crippen LogP contribution in [0, 0.1) is 18.3 Å². The van der Waals surface area contributed by atoms with Crippen LogP contribution < -0.4 is 5.56 Å². The third-order valence-corrected chi connectivity index (χ3v) is 1.83. The van der Waals surface area contributed by atoms with Gasteiger partial charge in [-0.25, -0.2) is 0 Å². The molecule has 0 aliphatic carbocycles. The van der Waals surface area contributed by atoms with Crippen molar-refractivity contribution in [2.24, 2.45) is 0 Å². The molecular formula is C9H10N2O2. The molecule has 0 fully saturated rings. The number of pyridine rings is 1. The summed E-state index contributed by atoms with van der Waals surface area (Å²) in [4.78, 5) is 11.3. The van der Waals surface area contributed by atoms with Crippen LogP contribution >= 0.6 is 0 Å². The van der Waals surface area contributed by atoms with Gasteiger partial charge in [0.25, 0.3) is 5.56 Å². The molecule has 4 heteroatoms. The number of nitriles is 1. The Kier molecular flexibility index (Phi) is 2.83. The SMILES string of the molecule is COCn1c(C)c(C#N)ccc1=O. The smallest absolute Gasteiger partial charge is 0.252 e. The number of nitrogens with zero attached hydrogens (tertiary/aromatic N) is 2. The molecule has 0 bridgehead atoms. The van der Waals surface area contributed by atoms with Gasteiger partial charge in [0.1, 0.15) is 12.8 Å². The van der Waals surface area contributed by atoms with Crippen molar-refractivity contribution in [3.63, 3.8) is 0 Å². The molecule has 0 saturated heterocycles. The quantitative estimate of drug-likeness (QED) is 0.667. The van der Waals surface area contributed by atoms with Gasteiger partial charge in [-0.05, 0) is 13.0 Å². The van der Waals surface area contributed by atoms with Crippen LogP contribution in [-0.2, 0) is 11.5 Å². The minimum absolute atomic E-state index is 0.154. The Labute approximate surface area is 76.0 Å². The molecule has 13 heavy (non-hydrogen) atoms. The second kappa shape index (κ2) is 3.87. The normalized spacial score (nSPS) is 9.62. The van der Waals surface area contributed by atoms with E-state index >= 15 is 0 Å². The van der Waals surface area contributed by atoms with Gasteiger partial charge in [0.15, 0.2) is 0 Å². The first-order valence-electron chi connectivity index (χ1n) is 3.80. The zero-order valence-electron chi connectivity index (χ0n) is 7.57. The Hall–Kier alpha value is -1.60. The van der Waals surface area contributed by atoms with Crippen LogP contribution in [-0.4, -0.2) is 11.7 Å². The molecule has 68 valence electrons. The Morgan fingerprint density at radius 3 is 2.85 bits per heavy atom. The lowest BCUT2D eigenvalue weighted by Gasteiger charge is -2.08. The second-order valence-electron chi connectivity index (χ2n) is 2.63. The van der Waals surface area contributed by atoms with Gasteiger partial charge >= 0.3 is 0 Å². The van der Waals surface area contributed by atoms with E-state index in [1.165, 1.54) is 23.8 Å². The predicted molar refractivity (Wildman–Crippen MR) is 47.2 cm³/mol. The highest BCUT2D eigenvalue weighted by Crippen LogP contribution is 2.02. The molecule has 1 heterocycles. The molecule has 0 amide bonds. The van der Waals surface area contributed by atoms with E-state index in [-0.39, 0.29) is 12.3 Å². The van der Waals surface area contributed by atoms with Crippen molar-refractivity contribution in [3.8, 4) is 6.07 Å². The molecule has 0 unspecified atom stereocenters. The van der Waals surface area contributed by atoms with E-state index in [1.54, 1.807) is 6.92 Å². The van der Waals surface area contributed by atoms with E-state index in [9.17, 15) is 4.79 Å². The van der Waals surface area contributed by atoms with Crippen molar-refractivity contribution in [2.45, 2.75) is 13.7 Å². The molecule has 0 saturated carbocycles. The first-order valence-corrected chi connectivity index (χ1v) is 3.80. The average Bonchev–Trinajstić information content (AvgIpc) is 2.12. The molecular weight excluding hydrogens is 168 g/mol. The van der Waals surface area contributed by atoms with Gasteiger partial charge in [-0.15, -0.1) is 0 Å². The molecule has 1 rings (SSSR count). The highest BCUT2D eigenvalue weighted by Gasteiger charge is 2.03. The summed E-state index contributed by atoms with van der Waals surface area (Å²) >= 11 is 0. The first-order chi connectivity index (χ1) is 6.20. The van der Waals surface area contributed by atoms with Gasteiger partial charge in [0.2, 0.25) is 0 Å². The van der Waals surface area contributed by atoms with E-state index in [0.29, 0.717) is 11.3 Å². The lowest BCUT2D eigenvalue weighted by Crippen LogP contribution is -2.22.